The van der Waals surface area contributed by atoms with Crippen molar-refractivity contribution in [2.75, 3.05) is 4.90 Å². The highest BCUT2D eigenvalue weighted by Gasteiger charge is 2.20. The van der Waals surface area contributed by atoms with Gasteiger partial charge in [-0.15, -0.1) is 0 Å². The Morgan fingerprint density at radius 3 is 1.55 bits per heavy atom. The zero-order chi connectivity index (χ0) is 36.7. The maximum Gasteiger partial charge on any atom is 0.144 e. The maximum atomic E-state index is 4.91. The molecule has 1 aliphatic heterocycles. The molecule has 0 aliphatic carbocycles. The summed E-state index contributed by atoms with van der Waals surface area (Å²) in [5, 5.41) is 9.91. The minimum Gasteiger partial charge on any atom is -0.295 e. The Bertz CT molecular complexity index is 3040. The zero-order valence-corrected chi connectivity index (χ0v) is 30.2. The van der Waals surface area contributed by atoms with Crippen LogP contribution in [0.2, 0.25) is 0 Å². The number of anilines is 1. The van der Waals surface area contributed by atoms with E-state index in [1.165, 1.54) is 65.3 Å². The summed E-state index contributed by atoms with van der Waals surface area (Å²) >= 11 is 0. The summed E-state index contributed by atoms with van der Waals surface area (Å²) in [6.45, 7) is 4.38. The Kier molecular flexibility index (Phi) is 8.00. The minimum atomic E-state index is 0.826. The molecule has 2 heteroatoms. The van der Waals surface area contributed by atoms with Gasteiger partial charge in [-0.25, -0.2) is 4.99 Å². The number of nitrogens with zero attached hydrogens (tertiary/aromatic N) is 2. The van der Waals surface area contributed by atoms with Crippen LogP contribution in [-0.2, 0) is 0 Å². The molecule has 0 aromatic heterocycles. The van der Waals surface area contributed by atoms with Crippen LogP contribution in [-0.4, -0.2) is 5.84 Å². The van der Waals surface area contributed by atoms with Crippen LogP contribution in [0, 0.1) is 0 Å². The van der Waals surface area contributed by atoms with Crippen LogP contribution in [0.1, 0.15) is 5.56 Å². The van der Waals surface area contributed by atoms with Crippen LogP contribution >= 0.6 is 0 Å². The van der Waals surface area contributed by atoms with E-state index < -0.39 is 0 Å². The molecule has 55 heavy (non-hydrogen) atoms. The van der Waals surface area contributed by atoms with Crippen LogP contribution < -0.4 is 4.90 Å². The van der Waals surface area contributed by atoms with E-state index in [0.717, 1.165) is 33.9 Å². The molecule has 9 aromatic rings. The number of rotatable bonds is 5. The van der Waals surface area contributed by atoms with Gasteiger partial charge in [-0.05, 0) is 119 Å². The van der Waals surface area contributed by atoms with E-state index in [0.29, 0.717) is 0 Å². The lowest BCUT2D eigenvalue weighted by atomic mass is 9.84. The number of benzene rings is 9. The van der Waals surface area contributed by atoms with Crippen molar-refractivity contribution in [1.82, 2.24) is 0 Å². The Morgan fingerprint density at radius 2 is 0.891 bits per heavy atom. The normalized spacial score (nSPS) is 14.2. The second-order valence-corrected chi connectivity index (χ2v) is 14.1. The maximum absolute atomic E-state index is 4.91. The third-order valence-electron chi connectivity index (χ3n) is 10.8. The van der Waals surface area contributed by atoms with Crippen LogP contribution in [0.25, 0.3) is 76.5 Å². The molecule has 0 saturated carbocycles. The molecule has 0 fully saturated rings. The van der Waals surface area contributed by atoms with Crippen LogP contribution in [0.5, 0.6) is 0 Å². The molecule has 10 rings (SSSR count). The lowest BCUT2D eigenvalue weighted by Crippen LogP contribution is -2.30. The van der Waals surface area contributed by atoms with Crippen molar-refractivity contribution in [1.29, 1.82) is 0 Å². The van der Waals surface area contributed by atoms with Crippen molar-refractivity contribution in [3.63, 3.8) is 0 Å². The molecule has 2 nitrogen and oxygen atoms in total. The van der Waals surface area contributed by atoms with Gasteiger partial charge in [-0.3, -0.25) is 4.90 Å². The third kappa shape index (κ3) is 5.82. The van der Waals surface area contributed by atoms with Gasteiger partial charge in [0.2, 0.25) is 0 Å². The van der Waals surface area contributed by atoms with Gasteiger partial charge in [0.15, 0.2) is 0 Å². The molecule has 9 aromatic carbocycles. The topological polar surface area (TPSA) is 15.6 Å². The lowest BCUT2D eigenvalue weighted by molar-refractivity contribution is 1.24. The number of hydrogen-bond donors (Lipinski definition) is 0. The highest BCUT2D eigenvalue weighted by Crippen LogP contribution is 2.45. The number of allylic oxidation sites excluding steroid dienone is 3. The summed E-state index contributed by atoms with van der Waals surface area (Å²) in [6.07, 6.45) is 7.78. The highest BCUT2D eigenvalue weighted by molar-refractivity contribution is 6.22. The monoisotopic (exact) mass is 700 g/mol. The van der Waals surface area contributed by atoms with Gasteiger partial charge in [-0.2, -0.15) is 0 Å². The Labute approximate surface area is 321 Å². The van der Waals surface area contributed by atoms with Gasteiger partial charge in [0.05, 0.1) is 0 Å². The largest absolute Gasteiger partial charge is 0.295 e. The molecule has 258 valence electrons. The van der Waals surface area contributed by atoms with Crippen molar-refractivity contribution in [3.8, 4) is 33.4 Å². The molecule has 0 unspecified atom stereocenters. The standard InChI is InChI=1S/C53H36N2/c1-36-13-11-12-32-54-53(55(36)46-18-3-2-4-19-46)40-26-22-39(23-27-40)43-30-31-49-50(35-43)52(45-29-25-38-15-6-8-17-42(38)34-45)48-21-10-9-20-47(48)51(49)44-28-24-37-14-5-7-16-41(37)33-44/h2-35H,1H2/b13-11-,32-12-,54-53?. The number of amidine groups is 1. The summed E-state index contributed by atoms with van der Waals surface area (Å²) in [6, 6.07) is 66.0. The van der Waals surface area contributed by atoms with Crippen molar-refractivity contribution >= 4 is 54.6 Å². The first-order valence-electron chi connectivity index (χ1n) is 18.7. The first kappa shape index (κ1) is 32.4. The molecule has 0 spiro atoms. The third-order valence-corrected chi connectivity index (χ3v) is 10.8. The molecular weight excluding hydrogens is 665 g/mol. The molecule has 0 amide bonds. The molecule has 0 radical (unpaired) electrons. The molecule has 0 bridgehead atoms. The summed E-state index contributed by atoms with van der Waals surface area (Å²) < 4.78 is 0. The van der Waals surface area contributed by atoms with Gasteiger partial charge >= 0.3 is 0 Å². The van der Waals surface area contributed by atoms with Crippen molar-refractivity contribution in [3.05, 3.63) is 224 Å². The number of para-hydroxylation sites is 1. The first-order valence-corrected chi connectivity index (χ1v) is 18.7. The Balaban J connectivity index is 1.17. The number of hydrogen-bond acceptors (Lipinski definition) is 2. The van der Waals surface area contributed by atoms with Crippen LogP contribution in [0.15, 0.2) is 224 Å². The van der Waals surface area contributed by atoms with Gasteiger partial charge in [0, 0.05) is 23.1 Å². The van der Waals surface area contributed by atoms with Crippen molar-refractivity contribution < 1.29 is 0 Å². The van der Waals surface area contributed by atoms with Gasteiger partial charge in [-0.1, -0.05) is 164 Å². The molecule has 1 heterocycles. The van der Waals surface area contributed by atoms with E-state index in [1.807, 2.05) is 42.6 Å². The van der Waals surface area contributed by atoms with Crippen molar-refractivity contribution in [2.24, 2.45) is 4.99 Å². The van der Waals surface area contributed by atoms with E-state index in [-0.39, 0.29) is 0 Å². The zero-order valence-electron chi connectivity index (χ0n) is 30.2. The SMILES string of the molecule is C=C1/C=C\C=C/N=C(c2ccc(-c3ccc4c(-c5ccc6ccccc6c5)c5ccccc5c(-c5ccc6ccccc6c5)c4c3)cc2)N1c1ccccc1. The van der Waals surface area contributed by atoms with E-state index in [4.69, 9.17) is 4.99 Å². The Hall–Kier alpha value is -7.29. The molecular formula is C53H36N2. The predicted molar refractivity (Wildman–Crippen MR) is 236 cm³/mol. The summed E-state index contributed by atoms with van der Waals surface area (Å²) in [7, 11) is 0. The average molecular weight is 701 g/mol. The average Bonchev–Trinajstić information content (AvgIpc) is 3.24. The fourth-order valence-corrected chi connectivity index (χ4v) is 8.15. The fraction of sp³-hybridized carbons (Fsp3) is 0. The van der Waals surface area contributed by atoms with Gasteiger partial charge in [0.25, 0.3) is 0 Å². The minimum absolute atomic E-state index is 0.826. The first-order chi connectivity index (χ1) is 27.2. The smallest absolute Gasteiger partial charge is 0.144 e. The van der Waals surface area contributed by atoms with Crippen molar-refractivity contribution in [2.45, 2.75) is 0 Å². The van der Waals surface area contributed by atoms with E-state index in [9.17, 15) is 0 Å². The Morgan fingerprint density at radius 1 is 0.382 bits per heavy atom. The van der Waals surface area contributed by atoms with E-state index in [2.05, 4.69) is 175 Å². The summed E-state index contributed by atoms with van der Waals surface area (Å²) in [5.74, 6) is 0.826. The summed E-state index contributed by atoms with van der Waals surface area (Å²) in [5.41, 5.74) is 10.1. The van der Waals surface area contributed by atoms with E-state index in [1.54, 1.807) is 0 Å². The lowest BCUT2D eigenvalue weighted by Gasteiger charge is -2.27. The second-order valence-electron chi connectivity index (χ2n) is 14.1. The van der Waals surface area contributed by atoms with Gasteiger partial charge < -0.3 is 0 Å². The number of fused-ring (bicyclic) bond motifs is 4. The fourth-order valence-electron chi connectivity index (χ4n) is 8.15. The quantitative estimate of drug-likeness (QED) is 0.163. The van der Waals surface area contributed by atoms with Crippen LogP contribution in [0.3, 0.4) is 0 Å². The molecule has 0 atom stereocenters. The van der Waals surface area contributed by atoms with Gasteiger partial charge in [0.1, 0.15) is 5.84 Å². The number of aliphatic imine (C=N–C) groups is 1. The van der Waals surface area contributed by atoms with Crippen LogP contribution in [0.4, 0.5) is 5.69 Å². The molecule has 0 saturated heterocycles. The molecule has 1 aliphatic rings. The highest BCUT2D eigenvalue weighted by atomic mass is 15.2. The second kappa shape index (κ2) is 13.6. The van der Waals surface area contributed by atoms with E-state index >= 15 is 0 Å². The predicted octanol–water partition coefficient (Wildman–Crippen LogP) is 14.2. The molecule has 0 N–H and O–H groups in total. The summed E-state index contributed by atoms with van der Waals surface area (Å²) in [4.78, 5) is 7.02.